The van der Waals surface area contributed by atoms with Crippen molar-refractivity contribution in [1.82, 2.24) is 0 Å². The van der Waals surface area contributed by atoms with E-state index in [1.165, 1.54) is 6.07 Å². The zero-order chi connectivity index (χ0) is 13.9. The van der Waals surface area contributed by atoms with E-state index >= 15 is 0 Å². The first-order chi connectivity index (χ1) is 9.79. The normalized spacial score (nSPS) is 28.4. The Hall–Kier alpha value is -1.13. The minimum atomic E-state index is -0.197. The Bertz CT molecular complexity index is 466. The molecule has 2 aliphatic rings. The third kappa shape index (κ3) is 2.67. The molecule has 2 aliphatic heterocycles. The van der Waals surface area contributed by atoms with Crippen molar-refractivity contribution in [1.29, 1.82) is 0 Å². The molecule has 0 spiro atoms. The molecule has 2 heterocycles. The number of rotatable bonds is 4. The van der Waals surface area contributed by atoms with Crippen molar-refractivity contribution in [3.63, 3.8) is 0 Å². The van der Waals surface area contributed by atoms with Crippen molar-refractivity contribution in [2.24, 2.45) is 5.92 Å². The molecule has 1 aromatic rings. The van der Waals surface area contributed by atoms with Gasteiger partial charge in [-0.15, -0.1) is 0 Å². The van der Waals surface area contributed by atoms with Gasteiger partial charge in [0, 0.05) is 36.4 Å². The van der Waals surface area contributed by atoms with Gasteiger partial charge < -0.3 is 15.2 Å². The lowest BCUT2D eigenvalue weighted by Crippen LogP contribution is -2.41. The minimum absolute atomic E-state index is 0.0230. The first-order valence-corrected chi connectivity index (χ1v) is 7.58. The Morgan fingerprint density at radius 2 is 2.25 bits per heavy atom. The summed E-state index contributed by atoms with van der Waals surface area (Å²) in [6.07, 6.45) is 5.10. The number of benzene rings is 1. The van der Waals surface area contributed by atoms with Crippen LogP contribution < -0.4 is 5.32 Å². The zero-order valence-electron chi connectivity index (χ0n) is 11.6. The van der Waals surface area contributed by atoms with Gasteiger partial charge >= 0.3 is 0 Å². The summed E-state index contributed by atoms with van der Waals surface area (Å²) >= 11 is 0. The molecule has 2 N–H and O–H groups in total. The van der Waals surface area contributed by atoms with E-state index in [-0.39, 0.29) is 18.5 Å². The highest BCUT2D eigenvalue weighted by Gasteiger charge is 2.38. The van der Waals surface area contributed by atoms with Crippen LogP contribution in [0.3, 0.4) is 0 Å². The Morgan fingerprint density at radius 3 is 3.10 bits per heavy atom. The molecule has 1 saturated heterocycles. The van der Waals surface area contributed by atoms with Crippen LogP contribution in [0.1, 0.15) is 43.8 Å². The zero-order valence-corrected chi connectivity index (χ0v) is 11.6. The van der Waals surface area contributed by atoms with Crippen molar-refractivity contribution in [3.8, 4) is 0 Å². The fourth-order valence-electron chi connectivity index (χ4n) is 3.51. The molecular formula is C16H22FNO2. The Kier molecular flexibility index (Phi) is 4.22. The summed E-state index contributed by atoms with van der Waals surface area (Å²) in [4.78, 5) is 0. The number of aliphatic hydroxyl groups is 1. The molecule has 3 rings (SSSR count). The molecule has 0 saturated carbocycles. The Balaban J connectivity index is 1.83. The van der Waals surface area contributed by atoms with Crippen molar-refractivity contribution in [3.05, 3.63) is 29.6 Å². The molecule has 3 nitrogen and oxygen atoms in total. The topological polar surface area (TPSA) is 41.5 Å². The monoisotopic (exact) mass is 279 g/mol. The van der Waals surface area contributed by atoms with E-state index in [1.54, 1.807) is 6.07 Å². The van der Waals surface area contributed by atoms with Gasteiger partial charge in [-0.1, -0.05) is 0 Å². The molecule has 3 atom stereocenters. The van der Waals surface area contributed by atoms with E-state index < -0.39 is 0 Å². The second-order valence-electron chi connectivity index (χ2n) is 5.80. The lowest BCUT2D eigenvalue weighted by molar-refractivity contribution is -0.0388. The summed E-state index contributed by atoms with van der Waals surface area (Å²) in [5.41, 5.74) is 1.97. The highest BCUT2D eigenvalue weighted by atomic mass is 19.1. The standard InChI is InChI=1S/C16H22FNO2/c17-11-6-7-15-13(10-11)16-12(4-3-9-20-16)14(18-15)5-1-2-8-19/h6-7,10,12,14,16,18-19H,1-5,8-9H2/t12-,14+,16-/m0/s1. The quantitative estimate of drug-likeness (QED) is 0.831. The number of halogens is 1. The first kappa shape index (κ1) is 13.8. The highest BCUT2D eigenvalue weighted by Crippen LogP contribution is 2.44. The fraction of sp³-hybridized carbons (Fsp3) is 0.625. The number of hydrogen-bond acceptors (Lipinski definition) is 3. The molecule has 110 valence electrons. The van der Waals surface area contributed by atoms with Crippen LogP contribution in [0.2, 0.25) is 0 Å². The van der Waals surface area contributed by atoms with Crippen LogP contribution in [0.4, 0.5) is 10.1 Å². The fourth-order valence-corrected chi connectivity index (χ4v) is 3.51. The van der Waals surface area contributed by atoms with Crippen molar-refractivity contribution < 1.29 is 14.2 Å². The van der Waals surface area contributed by atoms with Crippen LogP contribution in [-0.2, 0) is 4.74 Å². The van der Waals surface area contributed by atoms with Crippen LogP contribution in [0, 0.1) is 11.7 Å². The first-order valence-electron chi connectivity index (χ1n) is 7.58. The van der Waals surface area contributed by atoms with Gasteiger partial charge in [0.2, 0.25) is 0 Å². The summed E-state index contributed by atoms with van der Waals surface area (Å²) in [6, 6.07) is 5.29. The molecule has 0 unspecified atom stereocenters. The van der Waals surface area contributed by atoms with E-state index in [9.17, 15) is 4.39 Å². The summed E-state index contributed by atoms with van der Waals surface area (Å²) in [6.45, 7) is 1.01. The molecular weight excluding hydrogens is 257 g/mol. The number of unbranched alkanes of at least 4 members (excludes halogenated alkanes) is 1. The van der Waals surface area contributed by atoms with Crippen LogP contribution in [0.25, 0.3) is 0 Å². The van der Waals surface area contributed by atoms with Crippen LogP contribution in [-0.4, -0.2) is 24.4 Å². The van der Waals surface area contributed by atoms with Gasteiger partial charge in [0.15, 0.2) is 0 Å². The number of fused-ring (bicyclic) bond motifs is 3. The van der Waals surface area contributed by atoms with Gasteiger partial charge in [0.05, 0.1) is 6.10 Å². The molecule has 20 heavy (non-hydrogen) atoms. The molecule has 4 heteroatoms. The second kappa shape index (κ2) is 6.10. The summed E-state index contributed by atoms with van der Waals surface area (Å²) < 4.78 is 19.4. The molecule has 0 aliphatic carbocycles. The molecule has 0 amide bonds. The summed E-state index contributed by atoms with van der Waals surface area (Å²) in [5, 5.41) is 12.5. The largest absolute Gasteiger partial charge is 0.396 e. The number of aliphatic hydroxyl groups excluding tert-OH is 1. The minimum Gasteiger partial charge on any atom is -0.396 e. The van der Waals surface area contributed by atoms with Crippen LogP contribution in [0.15, 0.2) is 18.2 Å². The number of hydrogen-bond donors (Lipinski definition) is 2. The number of anilines is 1. The number of nitrogens with one attached hydrogen (secondary N) is 1. The van der Waals surface area contributed by atoms with E-state index in [4.69, 9.17) is 9.84 Å². The van der Waals surface area contributed by atoms with Crippen molar-refractivity contribution in [2.45, 2.75) is 44.2 Å². The summed E-state index contributed by atoms with van der Waals surface area (Å²) in [7, 11) is 0. The third-order valence-corrected chi connectivity index (χ3v) is 4.47. The lowest BCUT2D eigenvalue weighted by atomic mass is 9.78. The van der Waals surface area contributed by atoms with Gasteiger partial charge in [-0.3, -0.25) is 0 Å². The van der Waals surface area contributed by atoms with E-state index in [1.807, 2.05) is 6.07 Å². The van der Waals surface area contributed by atoms with E-state index in [0.29, 0.717) is 12.0 Å². The molecule has 1 fully saturated rings. The van der Waals surface area contributed by atoms with Crippen molar-refractivity contribution >= 4 is 5.69 Å². The number of ether oxygens (including phenoxy) is 1. The average Bonchev–Trinajstić information content (AvgIpc) is 2.48. The smallest absolute Gasteiger partial charge is 0.123 e. The van der Waals surface area contributed by atoms with E-state index in [2.05, 4.69) is 5.32 Å². The molecule has 0 bridgehead atoms. The van der Waals surface area contributed by atoms with Gasteiger partial charge in [0.1, 0.15) is 5.82 Å². The third-order valence-electron chi connectivity index (χ3n) is 4.47. The average molecular weight is 279 g/mol. The Morgan fingerprint density at radius 1 is 1.35 bits per heavy atom. The SMILES string of the molecule is OCCCC[C@H]1Nc2ccc(F)cc2[C@H]2OCCC[C@H]21. The van der Waals surface area contributed by atoms with Crippen LogP contribution in [0.5, 0.6) is 0 Å². The maximum absolute atomic E-state index is 13.5. The summed E-state index contributed by atoms with van der Waals surface area (Å²) in [5.74, 6) is 0.217. The highest BCUT2D eigenvalue weighted by molar-refractivity contribution is 5.56. The van der Waals surface area contributed by atoms with E-state index in [0.717, 1.165) is 50.0 Å². The molecule has 0 radical (unpaired) electrons. The predicted molar refractivity (Wildman–Crippen MR) is 76.2 cm³/mol. The van der Waals surface area contributed by atoms with Gasteiger partial charge in [0.25, 0.3) is 0 Å². The molecule has 0 aromatic heterocycles. The van der Waals surface area contributed by atoms with Gasteiger partial charge in [-0.05, 0) is 50.3 Å². The predicted octanol–water partition coefficient (Wildman–Crippen LogP) is 3.25. The van der Waals surface area contributed by atoms with Gasteiger partial charge in [-0.2, -0.15) is 0 Å². The maximum atomic E-state index is 13.5. The van der Waals surface area contributed by atoms with Gasteiger partial charge in [-0.25, -0.2) is 4.39 Å². The second-order valence-corrected chi connectivity index (χ2v) is 5.80. The maximum Gasteiger partial charge on any atom is 0.123 e. The Labute approximate surface area is 119 Å². The lowest BCUT2D eigenvalue weighted by Gasteiger charge is -2.43. The molecule has 1 aromatic carbocycles. The van der Waals surface area contributed by atoms with Crippen LogP contribution >= 0.6 is 0 Å². The van der Waals surface area contributed by atoms with Crippen molar-refractivity contribution in [2.75, 3.05) is 18.5 Å².